The number of nitrogens with zero attached hydrogens (tertiary/aromatic N) is 1. The fraction of sp³-hybridized carbons (Fsp3) is 0.750. The number of amidine groups is 1. The van der Waals surface area contributed by atoms with Gasteiger partial charge in [-0.15, -0.1) is 0 Å². The zero-order valence-corrected chi connectivity index (χ0v) is 10.2. The Labute approximate surface area is 94.1 Å². The van der Waals surface area contributed by atoms with Crippen LogP contribution in [0.4, 0.5) is 4.79 Å². The molecule has 82 valence electrons. The number of carbonyl (C=O) groups is 1. The molecular weight excluding hydrogens is 225 g/mol. The molecule has 14 heavy (non-hydrogen) atoms. The first-order valence-electron chi connectivity index (χ1n) is 4.10. The zero-order chi connectivity index (χ0) is 11.4. The number of halogens is 2. The lowest BCUT2D eigenvalue weighted by atomic mass is 10.1. The van der Waals surface area contributed by atoms with Crippen LogP contribution < -0.4 is 10.6 Å². The van der Waals surface area contributed by atoms with Crippen LogP contribution in [0.25, 0.3) is 0 Å². The first-order chi connectivity index (χ1) is 6.26. The number of aliphatic imine (C=N–C) groups is 1. The normalized spacial score (nSPS) is 12.9. The molecule has 0 saturated heterocycles. The van der Waals surface area contributed by atoms with Crippen molar-refractivity contribution in [1.29, 1.82) is 0 Å². The quantitative estimate of drug-likeness (QED) is 0.410. The summed E-state index contributed by atoms with van der Waals surface area (Å²) in [4.78, 5) is 14.2. The summed E-state index contributed by atoms with van der Waals surface area (Å²) in [7, 11) is 1.50. The Hall–Kier alpha value is -0.480. The van der Waals surface area contributed by atoms with Gasteiger partial charge in [0.1, 0.15) is 5.84 Å². The van der Waals surface area contributed by atoms with Crippen LogP contribution in [0.3, 0.4) is 0 Å². The second-order valence-electron chi connectivity index (χ2n) is 3.74. The van der Waals surface area contributed by atoms with Crippen LogP contribution in [0.5, 0.6) is 0 Å². The number of nitrogens with one attached hydrogen (secondary N) is 2. The average molecular weight is 240 g/mol. The van der Waals surface area contributed by atoms with Gasteiger partial charge in [-0.2, -0.15) is 0 Å². The molecule has 0 aliphatic rings. The highest BCUT2D eigenvalue weighted by Crippen LogP contribution is 2.03. The zero-order valence-electron chi connectivity index (χ0n) is 8.69. The molecule has 0 aliphatic heterocycles. The van der Waals surface area contributed by atoms with E-state index < -0.39 is 4.84 Å². The molecule has 0 atom stereocenters. The Morgan fingerprint density at radius 2 is 1.86 bits per heavy atom. The highest BCUT2D eigenvalue weighted by molar-refractivity contribution is 6.54. The largest absolute Gasteiger partial charge is 0.333 e. The summed E-state index contributed by atoms with van der Waals surface area (Å²) in [5.74, 6) is 0.232. The van der Waals surface area contributed by atoms with Crippen LogP contribution >= 0.6 is 23.2 Å². The van der Waals surface area contributed by atoms with Gasteiger partial charge < -0.3 is 5.32 Å². The summed E-state index contributed by atoms with van der Waals surface area (Å²) in [5, 5.41) is 5.15. The van der Waals surface area contributed by atoms with Crippen LogP contribution in [0.15, 0.2) is 4.99 Å². The molecular formula is C8H15Cl2N3O. The van der Waals surface area contributed by atoms with Crippen LogP contribution in [0.1, 0.15) is 20.8 Å². The van der Waals surface area contributed by atoms with Gasteiger partial charge in [-0.25, -0.2) is 4.79 Å². The number of amides is 2. The van der Waals surface area contributed by atoms with Gasteiger partial charge in [-0.05, 0) is 20.8 Å². The third-order valence-corrected chi connectivity index (χ3v) is 1.59. The number of urea groups is 1. The van der Waals surface area contributed by atoms with E-state index in [9.17, 15) is 4.79 Å². The first kappa shape index (κ1) is 13.5. The number of carbonyl (C=O) groups excluding carboxylic acids is 1. The summed E-state index contributed by atoms with van der Waals surface area (Å²) in [6.07, 6.45) is 0. The van der Waals surface area contributed by atoms with E-state index in [1.165, 1.54) is 7.05 Å². The van der Waals surface area contributed by atoms with E-state index in [1.807, 2.05) is 20.8 Å². The molecule has 0 aromatic heterocycles. The van der Waals surface area contributed by atoms with Crippen molar-refractivity contribution in [2.45, 2.75) is 31.1 Å². The molecule has 2 amide bonds. The maximum Gasteiger partial charge on any atom is 0.320 e. The number of hydrogen-bond acceptors (Lipinski definition) is 2. The van der Waals surface area contributed by atoms with Crippen LogP contribution in [0.2, 0.25) is 0 Å². The fourth-order valence-electron chi connectivity index (χ4n) is 0.696. The molecule has 0 unspecified atom stereocenters. The van der Waals surface area contributed by atoms with E-state index in [0.717, 1.165) is 0 Å². The van der Waals surface area contributed by atoms with Crippen molar-refractivity contribution in [1.82, 2.24) is 10.6 Å². The summed E-state index contributed by atoms with van der Waals surface area (Å²) < 4.78 is 0. The van der Waals surface area contributed by atoms with E-state index in [2.05, 4.69) is 15.6 Å². The molecule has 0 saturated carbocycles. The minimum Gasteiger partial charge on any atom is -0.333 e. The molecule has 0 fully saturated rings. The minimum atomic E-state index is -0.828. The van der Waals surface area contributed by atoms with E-state index in [0.29, 0.717) is 0 Å². The average Bonchev–Trinajstić information content (AvgIpc) is 1.96. The van der Waals surface area contributed by atoms with Gasteiger partial charge in [-0.3, -0.25) is 10.3 Å². The van der Waals surface area contributed by atoms with Gasteiger partial charge in [0.25, 0.3) is 0 Å². The lowest BCUT2D eigenvalue weighted by molar-refractivity contribution is 0.236. The van der Waals surface area contributed by atoms with Crippen molar-refractivity contribution in [3.8, 4) is 0 Å². The fourth-order valence-corrected chi connectivity index (χ4v) is 1.00. The van der Waals surface area contributed by atoms with E-state index in [1.54, 1.807) is 0 Å². The number of hydrogen-bond donors (Lipinski definition) is 2. The Kier molecular flexibility index (Phi) is 5.23. The Morgan fingerprint density at radius 1 is 1.36 bits per heavy atom. The Bertz CT molecular complexity index is 233. The van der Waals surface area contributed by atoms with Gasteiger partial charge >= 0.3 is 6.03 Å². The topological polar surface area (TPSA) is 53.5 Å². The van der Waals surface area contributed by atoms with Crippen molar-refractivity contribution in [3.63, 3.8) is 0 Å². The van der Waals surface area contributed by atoms with Crippen LogP contribution in [-0.2, 0) is 0 Å². The third-order valence-electron chi connectivity index (χ3n) is 1.18. The summed E-state index contributed by atoms with van der Waals surface area (Å²) in [5.41, 5.74) is -0.308. The molecule has 0 aromatic carbocycles. The molecule has 4 nitrogen and oxygen atoms in total. The molecule has 0 aliphatic carbocycles. The summed E-state index contributed by atoms with van der Waals surface area (Å²) in [6.45, 7) is 5.61. The SMILES string of the molecule is CN=C(NC(=O)NC(C)(C)C)C(Cl)Cl. The first-order valence-corrected chi connectivity index (χ1v) is 4.97. The molecule has 0 heterocycles. The lowest BCUT2D eigenvalue weighted by Crippen LogP contribution is -2.49. The molecule has 0 radical (unpaired) electrons. The van der Waals surface area contributed by atoms with Gasteiger partial charge in [0, 0.05) is 12.6 Å². The monoisotopic (exact) mass is 239 g/mol. The van der Waals surface area contributed by atoms with Gasteiger partial charge in [0.05, 0.1) is 0 Å². The Balaban J connectivity index is 4.19. The van der Waals surface area contributed by atoms with Crippen molar-refractivity contribution >= 4 is 35.1 Å². The molecule has 0 aromatic rings. The highest BCUT2D eigenvalue weighted by Gasteiger charge is 2.17. The third kappa shape index (κ3) is 6.05. The molecule has 6 heteroatoms. The van der Waals surface area contributed by atoms with Crippen LogP contribution in [0, 0.1) is 0 Å². The van der Waals surface area contributed by atoms with Crippen LogP contribution in [-0.4, -0.2) is 29.3 Å². The standard InChI is InChI=1S/C8H15Cl2N3O/c1-8(2,3)13-7(14)12-6(11-4)5(9)10/h5H,1-4H3,(H2,11,12,13,14). The number of alkyl halides is 2. The molecule has 0 spiro atoms. The Morgan fingerprint density at radius 3 is 2.14 bits per heavy atom. The maximum absolute atomic E-state index is 11.3. The summed E-state index contributed by atoms with van der Waals surface area (Å²) in [6, 6.07) is -0.371. The van der Waals surface area contributed by atoms with Crippen molar-refractivity contribution in [2.24, 2.45) is 4.99 Å². The van der Waals surface area contributed by atoms with Gasteiger partial charge in [0.2, 0.25) is 0 Å². The lowest BCUT2D eigenvalue weighted by Gasteiger charge is -2.21. The minimum absolute atomic E-state index is 0.232. The predicted octanol–water partition coefficient (Wildman–Crippen LogP) is 1.92. The predicted molar refractivity (Wildman–Crippen MR) is 60.3 cm³/mol. The number of rotatable bonds is 1. The van der Waals surface area contributed by atoms with E-state index in [4.69, 9.17) is 23.2 Å². The maximum atomic E-state index is 11.3. The van der Waals surface area contributed by atoms with Gasteiger partial charge in [0.15, 0.2) is 4.84 Å². The molecule has 0 rings (SSSR count). The van der Waals surface area contributed by atoms with E-state index in [-0.39, 0.29) is 17.4 Å². The molecule has 2 N–H and O–H groups in total. The smallest absolute Gasteiger partial charge is 0.320 e. The summed E-state index contributed by atoms with van der Waals surface area (Å²) >= 11 is 11.1. The highest BCUT2D eigenvalue weighted by atomic mass is 35.5. The van der Waals surface area contributed by atoms with Crippen molar-refractivity contribution in [3.05, 3.63) is 0 Å². The van der Waals surface area contributed by atoms with Gasteiger partial charge in [-0.1, -0.05) is 23.2 Å². The van der Waals surface area contributed by atoms with Crippen molar-refractivity contribution in [2.75, 3.05) is 7.05 Å². The second-order valence-corrected chi connectivity index (χ2v) is 4.83. The molecule has 0 bridgehead atoms. The van der Waals surface area contributed by atoms with E-state index >= 15 is 0 Å². The second kappa shape index (κ2) is 5.41. The van der Waals surface area contributed by atoms with Crippen molar-refractivity contribution < 1.29 is 4.79 Å².